The van der Waals surface area contributed by atoms with Crippen LogP contribution in [0.2, 0.25) is 0 Å². The first-order chi connectivity index (χ1) is 33.4. The van der Waals surface area contributed by atoms with Crippen LogP contribution in [0.4, 0.5) is 0 Å². The number of quaternary nitrogens is 1. The predicted molar refractivity (Wildman–Crippen MR) is 295 cm³/mol. The van der Waals surface area contributed by atoms with Crippen LogP contribution in [0.15, 0.2) is 48.6 Å². The summed E-state index contributed by atoms with van der Waals surface area (Å²) < 4.78 is 30.6. The number of allylic oxidation sites excluding steroid dienone is 7. The van der Waals surface area contributed by atoms with Gasteiger partial charge in [0.25, 0.3) is 0 Å². The van der Waals surface area contributed by atoms with E-state index in [0.29, 0.717) is 23.9 Å². The summed E-state index contributed by atoms with van der Waals surface area (Å²) in [6, 6.07) is -0.854. The quantitative estimate of drug-likeness (QED) is 0.0205. The number of rotatable bonds is 52. The van der Waals surface area contributed by atoms with Crippen molar-refractivity contribution < 1.29 is 37.3 Å². The molecule has 0 rings (SSSR count). The van der Waals surface area contributed by atoms with Crippen LogP contribution < -0.4 is 5.32 Å². The topological polar surface area (TPSA) is 111 Å². The van der Waals surface area contributed by atoms with Gasteiger partial charge in [-0.1, -0.05) is 230 Å². The van der Waals surface area contributed by atoms with E-state index < -0.39 is 20.0 Å². The zero-order valence-electron chi connectivity index (χ0n) is 46.1. The molecule has 0 saturated carbocycles. The number of hydrogen-bond donors (Lipinski definition) is 2. The van der Waals surface area contributed by atoms with E-state index in [9.17, 15) is 19.0 Å². The van der Waals surface area contributed by atoms with Crippen molar-refractivity contribution in [3.8, 4) is 0 Å². The molecule has 0 aromatic heterocycles. The summed E-state index contributed by atoms with van der Waals surface area (Å²) >= 11 is 0. The monoisotopic (exact) mass is 992 g/mol. The normalized spacial score (nSPS) is 14.1. The molecule has 0 aliphatic carbocycles. The van der Waals surface area contributed by atoms with E-state index in [4.69, 9.17) is 13.8 Å². The van der Waals surface area contributed by atoms with Crippen molar-refractivity contribution in [2.75, 3.05) is 40.9 Å². The minimum absolute atomic E-state index is 0.0373. The average Bonchev–Trinajstić information content (AvgIpc) is 3.31. The second-order valence-electron chi connectivity index (χ2n) is 20.8. The average molecular weight is 993 g/mol. The molecule has 0 aromatic carbocycles. The van der Waals surface area contributed by atoms with Gasteiger partial charge in [0.1, 0.15) is 19.3 Å². The van der Waals surface area contributed by atoms with Crippen molar-refractivity contribution in [2.24, 2.45) is 0 Å². The van der Waals surface area contributed by atoms with E-state index in [1.807, 2.05) is 33.3 Å². The van der Waals surface area contributed by atoms with Crippen molar-refractivity contribution in [1.29, 1.82) is 0 Å². The summed E-state index contributed by atoms with van der Waals surface area (Å²) in [5.74, 6) is -0.524. The summed E-state index contributed by atoms with van der Waals surface area (Å²) in [5, 5.41) is 3.04. The Labute approximate surface area is 427 Å². The molecular weight excluding hydrogens is 880 g/mol. The first kappa shape index (κ1) is 67.0. The van der Waals surface area contributed by atoms with Gasteiger partial charge < -0.3 is 19.4 Å². The van der Waals surface area contributed by atoms with Gasteiger partial charge in [0, 0.05) is 12.8 Å². The summed E-state index contributed by atoms with van der Waals surface area (Å²) in [7, 11) is 1.49. The molecule has 0 aliphatic rings. The minimum Gasteiger partial charge on any atom is -0.456 e. The lowest BCUT2D eigenvalue weighted by molar-refractivity contribution is -0.870. The molecule has 2 N–H and O–H groups in total. The van der Waals surface area contributed by atoms with Gasteiger partial charge in [-0.15, -0.1) is 0 Å². The Hall–Kier alpha value is -2.03. The van der Waals surface area contributed by atoms with Crippen LogP contribution in [-0.2, 0) is 27.9 Å². The van der Waals surface area contributed by atoms with Gasteiger partial charge in [0.15, 0.2) is 0 Å². The standard InChI is InChI=1S/C59H111N2O7P/c1-7-10-13-16-19-22-25-28-30-31-32-34-37-40-43-46-49-52-59(63)68-57(50-47-44-41-38-35-27-24-21-18-15-12-9-3)56(55-67-69(64,65)66-54-53-61(4,5)6)60-58(62)51-48-45-42-39-36-33-29-26-23-20-17-14-11-8-2/h19,22,28,30,32,34,47,50,56-57H,7-18,20-21,23-27,29,31,33,35-46,48-49,51-55H2,1-6H3,(H-,60,62,64,65)/p+1/b22-19-,30-28-,34-32-,50-47+. The maximum Gasteiger partial charge on any atom is 0.472 e. The largest absolute Gasteiger partial charge is 0.472 e. The SMILES string of the molecule is CCCCC/C=C\C/C=C\C/C=C\CCCCCCC(=O)OC(/C=C/CCCCCCCCCCCC)C(COP(=O)(O)OCC[N+](C)(C)C)NC(=O)CCCCCCCCCCCCCCCC. The van der Waals surface area contributed by atoms with Crippen molar-refractivity contribution >= 4 is 19.7 Å². The van der Waals surface area contributed by atoms with Gasteiger partial charge in [-0.25, -0.2) is 4.57 Å². The molecule has 3 atom stereocenters. The first-order valence-corrected chi connectivity index (χ1v) is 30.5. The molecule has 0 spiro atoms. The van der Waals surface area contributed by atoms with Crippen molar-refractivity contribution in [2.45, 2.75) is 277 Å². The fourth-order valence-corrected chi connectivity index (χ4v) is 8.98. The van der Waals surface area contributed by atoms with Gasteiger partial charge in [0.2, 0.25) is 5.91 Å². The molecule has 9 nitrogen and oxygen atoms in total. The Morgan fingerprint density at radius 3 is 1.35 bits per heavy atom. The number of carbonyl (C=O) groups excluding carboxylic acids is 2. The van der Waals surface area contributed by atoms with Crippen molar-refractivity contribution in [3.05, 3.63) is 48.6 Å². The highest BCUT2D eigenvalue weighted by molar-refractivity contribution is 7.47. The molecule has 0 aliphatic heterocycles. The molecule has 0 bridgehead atoms. The van der Waals surface area contributed by atoms with Gasteiger partial charge >= 0.3 is 13.8 Å². The maximum absolute atomic E-state index is 13.5. The van der Waals surface area contributed by atoms with Crippen LogP contribution >= 0.6 is 7.82 Å². The number of esters is 1. The molecule has 10 heteroatoms. The molecule has 0 aromatic rings. The second kappa shape index (κ2) is 49.5. The van der Waals surface area contributed by atoms with Crippen LogP contribution in [0, 0.1) is 0 Å². The molecule has 404 valence electrons. The first-order valence-electron chi connectivity index (χ1n) is 29.0. The van der Waals surface area contributed by atoms with E-state index in [1.165, 1.54) is 148 Å². The second-order valence-corrected chi connectivity index (χ2v) is 22.3. The van der Waals surface area contributed by atoms with E-state index >= 15 is 0 Å². The lowest BCUT2D eigenvalue weighted by atomic mass is 10.0. The Morgan fingerprint density at radius 2 is 0.884 bits per heavy atom. The van der Waals surface area contributed by atoms with Gasteiger partial charge in [0.05, 0.1) is 33.8 Å². The highest BCUT2D eigenvalue weighted by Gasteiger charge is 2.30. The molecule has 0 radical (unpaired) electrons. The molecule has 1 amide bonds. The maximum atomic E-state index is 13.5. The highest BCUT2D eigenvalue weighted by atomic mass is 31.2. The zero-order valence-corrected chi connectivity index (χ0v) is 47.0. The Morgan fingerprint density at radius 1 is 0.507 bits per heavy atom. The number of unbranched alkanes of at least 4 members (excludes halogenated alkanes) is 30. The number of amides is 1. The Bertz CT molecular complexity index is 1330. The van der Waals surface area contributed by atoms with Gasteiger partial charge in [-0.05, 0) is 70.3 Å². The third-order valence-corrected chi connectivity index (χ3v) is 13.8. The fourth-order valence-electron chi connectivity index (χ4n) is 8.24. The molecule has 0 saturated heterocycles. The van der Waals surface area contributed by atoms with Crippen LogP contribution in [-0.4, -0.2) is 74.3 Å². The lowest BCUT2D eigenvalue weighted by Gasteiger charge is -2.27. The number of ether oxygens (including phenoxy) is 1. The molecule has 0 heterocycles. The van der Waals surface area contributed by atoms with Crippen LogP contribution in [0.1, 0.15) is 265 Å². The van der Waals surface area contributed by atoms with Crippen LogP contribution in [0.5, 0.6) is 0 Å². The molecule has 69 heavy (non-hydrogen) atoms. The summed E-state index contributed by atoms with van der Waals surface area (Å²) in [4.78, 5) is 37.6. The zero-order chi connectivity index (χ0) is 50.8. The predicted octanol–water partition coefficient (Wildman–Crippen LogP) is 17.3. The number of nitrogens with zero attached hydrogens (tertiary/aromatic N) is 1. The van der Waals surface area contributed by atoms with E-state index in [-0.39, 0.29) is 31.5 Å². The van der Waals surface area contributed by atoms with Crippen molar-refractivity contribution in [3.63, 3.8) is 0 Å². The van der Waals surface area contributed by atoms with Gasteiger partial charge in [-0.2, -0.15) is 0 Å². The third-order valence-electron chi connectivity index (χ3n) is 12.8. The van der Waals surface area contributed by atoms with E-state index in [2.05, 4.69) is 62.5 Å². The Balaban J connectivity index is 5.37. The van der Waals surface area contributed by atoms with Crippen LogP contribution in [0.3, 0.4) is 0 Å². The highest BCUT2D eigenvalue weighted by Crippen LogP contribution is 2.43. The number of likely N-dealkylation sites (N-methyl/N-ethyl adjacent to an activating group) is 1. The van der Waals surface area contributed by atoms with Gasteiger partial charge in [-0.3, -0.25) is 18.6 Å². The number of carbonyl (C=O) groups is 2. The van der Waals surface area contributed by atoms with E-state index in [1.54, 1.807) is 0 Å². The van der Waals surface area contributed by atoms with E-state index in [0.717, 1.165) is 77.0 Å². The summed E-state index contributed by atoms with van der Waals surface area (Å²) in [5.41, 5.74) is 0. The number of phosphoric ester groups is 1. The number of hydrogen-bond acceptors (Lipinski definition) is 6. The van der Waals surface area contributed by atoms with Crippen molar-refractivity contribution in [1.82, 2.24) is 5.32 Å². The fraction of sp³-hybridized carbons (Fsp3) is 0.831. The minimum atomic E-state index is -4.45. The third kappa shape index (κ3) is 50.7. The number of nitrogens with one attached hydrogen (secondary N) is 1. The smallest absolute Gasteiger partial charge is 0.456 e. The Kier molecular flexibility index (Phi) is 48.1. The molecular formula is C59H112N2O7P+. The number of phosphoric acid groups is 1. The summed E-state index contributed by atoms with van der Waals surface area (Å²) in [6.07, 6.45) is 59.5. The van der Waals surface area contributed by atoms with Crippen LogP contribution in [0.25, 0.3) is 0 Å². The molecule has 0 fully saturated rings. The summed E-state index contributed by atoms with van der Waals surface area (Å²) in [6.45, 7) is 6.98. The molecule has 3 unspecified atom stereocenters. The lowest BCUT2D eigenvalue weighted by Crippen LogP contribution is -2.47.